The number of carbonyl (C=O) groups excluding carboxylic acids is 2. The third kappa shape index (κ3) is 5.99. The van der Waals surface area contributed by atoms with Gasteiger partial charge in [-0.15, -0.1) is 0 Å². The van der Waals surface area contributed by atoms with Gasteiger partial charge in [0.25, 0.3) is 5.69 Å². The van der Waals surface area contributed by atoms with Gasteiger partial charge in [-0.3, -0.25) is 29.8 Å². The van der Waals surface area contributed by atoms with Crippen molar-refractivity contribution in [3.63, 3.8) is 0 Å². The molecule has 45 heavy (non-hydrogen) atoms. The van der Waals surface area contributed by atoms with Gasteiger partial charge in [0.2, 0.25) is 5.75 Å². The zero-order valence-electron chi connectivity index (χ0n) is 26.2. The molecule has 1 aliphatic heterocycles. The maximum absolute atomic E-state index is 14.0. The highest BCUT2D eigenvalue weighted by Gasteiger charge is 2.49. The molecule has 0 spiro atoms. The lowest BCUT2D eigenvalue weighted by atomic mass is 9.63. The van der Waals surface area contributed by atoms with Gasteiger partial charge < -0.3 is 14.4 Å². The summed E-state index contributed by atoms with van der Waals surface area (Å²) in [6, 6.07) is 6.58. The Morgan fingerprint density at radius 1 is 0.889 bits per heavy atom. The Balaban J connectivity index is 1.69. The van der Waals surface area contributed by atoms with Crippen molar-refractivity contribution < 1.29 is 28.9 Å². The number of nitrogens with zero attached hydrogens (tertiary/aromatic N) is 3. The summed E-state index contributed by atoms with van der Waals surface area (Å²) in [5.74, 6) is -0.503. The number of Topliss-reactive ketones (excluding diaryl/α,β-unsaturated/α-hetero) is 2. The number of rotatable bonds is 8. The number of hydrogen-bond donors (Lipinski definition) is 0. The van der Waals surface area contributed by atoms with Crippen LogP contribution in [0.15, 0.2) is 57.3 Å². The fourth-order valence-electron chi connectivity index (χ4n) is 6.84. The molecule has 0 saturated carbocycles. The summed E-state index contributed by atoms with van der Waals surface area (Å²) < 4.78 is 12.0. The second kappa shape index (κ2) is 11.7. The van der Waals surface area contributed by atoms with Crippen molar-refractivity contribution in [3.05, 3.63) is 83.1 Å². The summed E-state index contributed by atoms with van der Waals surface area (Å²) in [7, 11) is 1.42. The molecule has 1 heterocycles. The van der Waals surface area contributed by atoms with E-state index in [1.165, 1.54) is 13.2 Å². The largest absolute Gasteiger partial charge is 0.493 e. The lowest BCUT2D eigenvalue weighted by molar-refractivity contribution is -0.394. The first-order valence-corrected chi connectivity index (χ1v) is 15.6. The van der Waals surface area contributed by atoms with Crippen molar-refractivity contribution in [2.45, 2.75) is 72.6 Å². The van der Waals surface area contributed by atoms with Crippen LogP contribution in [0, 0.1) is 31.1 Å². The van der Waals surface area contributed by atoms with Gasteiger partial charge in [0.15, 0.2) is 23.1 Å². The molecule has 11 nitrogen and oxygen atoms in total. The summed E-state index contributed by atoms with van der Waals surface area (Å²) in [6.45, 7) is 11.2. The first-order valence-electron chi connectivity index (χ1n) is 14.9. The fraction of sp³-hybridized carbons (Fsp3) is 0.455. The van der Waals surface area contributed by atoms with Gasteiger partial charge in [0.1, 0.15) is 0 Å². The minimum atomic E-state index is -0.754. The van der Waals surface area contributed by atoms with Crippen LogP contribution in [0.3, 0.4) is 0 Å². The van der Waals surface area contributed by atoms with Crippen LogP contribution in [0.5, 0.6) is 17.2 Å². The molecule has 2 aromatic carbocycles. The molecule has 0 radical (unpaired) electrons. The highest BCUT2D eigenvalue weighted by Crippen LogP contribution is 2.56. The Kier molecular flexibility index (Phi) is 8.41. The predicted molar refractivity (Wildman–Crippen MR) is 170 cm³/mol. The highest BCUT2D eigenvalue weighted by molar-refractivity contribution is 9.10. The van der Waals surface area contributed by atoms with E-state index in [9.17, 15) is 29.8 Å². The Labute approximate surface area is 269 Å². The van der Waals surface area contributed by atoms with Gasteiger partial charge in [0, 0.05) is 53.9 Å². The van der Waals surface area contributed by atoms with E-state index in [-0.39, 0.29) is 39.6 Å². The molecule has 2 aliphatic carbocycles. The van der Waals surface area contributed by atoms with Crippen LogP contribution < -0.4 is 9.47 Å². The van der Waals surface area contributed by atoms with Gasteiger partial charge in [-0.05, 0) is 69.8 Å². The van der Waals surface area contributed by atoms with Crippen LogP contribution in [-0.2, 0) is 9.59 Å². The minimum Gasteiger partial charge on any atom is -0.493 e. The molecule has 0 bridgehead atoms. The van der Waals surface area contributed by atoms with Gasteiger partial charge in [0.05, 0.1) is 27.5 Å². The standard InChI is InChI=1S/C33H36BrN3O8/c1-7-10-35-22-14-32(2,3)16-24(38)29(22)28(30-23(35)15-33(4,5)17-25(30)39)18-11-20(34)31(27(12-18)44-6)45-26-9-8-19(36(40)41)13-21(26)37(42)43/h8-9,11-13,28H,7,10,14-17H2,1-6H3. The summed E-state index contributed by atoms with van der Waals surface area (Å²) >= 11 is 3.55. The molecule has 0 fully saturated rings. The first-order chi connectivity index (χ1) is 21.1. The van der Waals surface area contributed by atoms with E-state index in [0.29, 0.717) is 53.4 Å². The number of allylic oxidation sites excluding steroid dienone is 4. The van der Waals surface area contributed by atoms with Crippen LogP contribution in [0.25, 0.3) is 0 Å². The van der Waals surface area contributed by atoms with Crippen molar-refractivity contribution >= 4 is 38.9 Å². The normalized spacial score (nSPS) is 19.3. The Morgan fingerprint density at radius 3 is 1.96 bits per heavy atom. The number of benzene rings is 2. The van der Waals surface area contributed by atoms with Crippen molar-refractivity contribution in [1.29, 1.82) is 0 Å². The maximum Gasteiger partial charge on any atom is 0.318 e. The molecule has 0 saturated heterocycles. The van der Waals surface area contributed by atoms with E-state index in [2.05, 4.69) is 55.4 Å². The summed E-state index contributed by atoms with van der Waals surface area (Å²) in [5, 5.41) is 23.0. The number of hydrogen-bond acceptors (Lipinski definition) is 9. The van der Waals surface area contributed by atoms with E-state index in [0.717, 1.165) is 29.9 Å². The molecule has 12 heteroatoms. The van der Waals surface area contributed by atoms with Gasteiger partial charge in [-0.25, -0.2) is 0 Å². The van der Waals surface area contributed by atoms with E-state index in [1.54, 1.807) is 12.1 Å². The number of ketones is 2. The number of carbonyl (C=O) groups is 2. The maximum atomic E-state index is 14.0. The predicted octanol–water partition coefficient (Wildman–Crippen LogP) is 8.16. The van der Waals surface area contributed by atoms with Crippen molar-refractivity contribution in [2.75, 3.05) is 13.7 Å². The van der Waals surface area contributed by atoms with Gasteiger partial charge in [-0.2, -0.15) is 0 Å². The molecule has 2 aromatic rings. The van der Waals surface area contributed by atoms with E-state index in [4.69, 9.17) is 9.47 Å². The fourth-order valence-corrected chi connectivity index (χ4v) is 7.38. The zero-order chi connectivity index (χ0) is 33.0. The van der Waals surface area contributed by atoms with E-state index >= 15 is 0 Å². The number of methoxy groups -OCH3 is 1. The topological polar surface area (TPSA) is 142 Å². The SMILES string of the molecule is CCCN1C2=C(C(=O)CC(C)(C)C2)C(c2cc(Br)c(Oc3ccc([N+](=O)[O-])cc3[N+](=O)[O-])c(OC)c2)C2=C1CC(C)(C)CC2=O. The molecule has 0 amide bonds. The average Bonchev–Trinajstić information content (AvgIpc) is 2.93. The Bertz CT molecular complexity index is 1650. The van der Waals surface area contributed by atoms with E-state index in [1.807, 2.05) is 0 Å². The molecular formula is C33H36BrN3O8. The number of halogens is 1. The van der Waals surface area contributed by atoms with Crippen molar-refractivity contribution in [3.8, 4) is 17.2 Å². The minimum absolute atomic E-state index is 0.00783. The quantitative estimate of drug-likeness (QED) is 0.199. The summed E-state index contributed by atoms with van der Waals surface area (Å²) in [5.41, 5.74) is 2.32. The van der Waals surface area contributed by atoms with Crippen LogP contribution in [-0.4, -0.2) is 40.0 Å². The molecule has 0 atom stereocenters. The van der Waals surface area contributed by atoms with Crippen LogP contribution >= 0.6 is 15.9 Å². The summed E-state index contributed by atoms with van der Waals surface area (Å²) in [4.78, 5) is 51.8. The van der Waals surface area contributed by atoms with Crippen LogP contribution in [0.2, 0.25) is 0 Å². The van der Waals surface area contributed by atoms with Gasteiger partial charge in [-0.1, -0.05) is 34.6 Å². The lowest BCUT2D eigenvalue weighted by Gasteiger charge is -2.49. The Hall–Kier alpha value is -4.06. The smallest absolute Gasteiger partial charge is 0.318 e. The molecule has 238 valence electrons. The molecule has 0 unspecified atom stereocenters. The van der Waals surface area contributed by atoms with Crippen LogP contribution in [0.4, 0.5) is 11.4 Å². The number of nitro groups is 2. The Morgan fingerprint density at radius 2 is 1.47 bits per heavy atom. The molecule has 3 aliphatic rings. The van der Waals surface area contributed by atoms with E-state index < -0.39 is 27.1 Å². The third-order valence-electron chi connectivity index (χ3n) is 8.62. The summed E-state index contributed by atoms with van der Waals surface area (Å²) in [6.07, 6.45) is 2.95. The van der Waals surface area contributed by atoms with Crippen molar-refractivity contribution in [1.82, 2.24) is 4.90 Å². The van der Waals surface area contributed by atoms with Crippen molar-refractivity contribution in [2.24, 2.45) is 10.8 Å². The molecule has 5 rings (SSSR count). The zero-order valence-corrected chi connectivity index (χ0v) is 27.8. The second-order valence-corrected chi connectivity index (χ2v) is 14.3. The first kappa shape index (κ1) is 32.3. The average molecular weight is 683 g/mol. The molecule has 0 aromatic heterocycles. The van der Waals surface area contributed by atoms with Gasteiger partial charge >= 0.3 is 5.69 Å². The number of non-ortho nitro benzene ring substituents is 1. The van der Waals surface area contributed by atoms with Crippen LogP contribution in [0.1, 0.15) is 78.2 Å². The molecular weight excluding hydrogens is 646 g/mol. The highest BCUT2D eigenvalue weighted by atomic mass is 79.9. The molecule has 0 N–H and O–H groups in total. The monoisotopic (exact) mass is 681 g/mol. The second-order valence-electron chi connectivity index (χ2n) is 13.5. The third-order valence-corrected chi connectivity index (χ3v) is 9.21. The lowest BCUT2D eigenvalue weighted by Crippen LogP contribution is -2.44. The number of nitro benzene ring substituents is 2. The number of ether oxygens (including phenoxy) is 2.